The van der Waals surface area contributed by atoms with Gasteiger partial charge < -0.3 is 10.2 Å². The van der Waals surface area contributed by atoms with E-state index in [4.69, 9.17) is 0 Å². The fourth-order valence-electron chi connectivity index (χ4n) is 2.21. The van der Waals surface area contributed by atoms with Crippen LogP contribution in [0.25, 0.3) is 0 Å². The largest absolute Gasteiger partial charge is 0.508 e. The van der Waals surface area contributed by atoms with Gasteiger partial charge in [-0.3, -0.25) is 0 Å². The van der Waals surface area contributed by atoms with E-state index in [2.05, 4.69) is 33.8 Å². The van der Waals surface area contributed by atoms with Gasteiger partial charge in [-0.15, -0.1) is 0 Å². The highest BCUT2D eigenvalue weighted by Crippen LogP contribution is 2.40. The molecular formula is C15H22O2. The molecule has 1 aliphatic carbocycles. The van der Waals surface area contributed by atoms with E-state index in [0.717, 1.165) is 29.5 Å². The second-order valence-corrected chi connectivity index (χ2v) is 6.45. The fourth-order valence-corrected chi connectivity index (χ4v) is 2.21. The number of phenols is 1. The maximum absolute atomic E-state index is 10.1. The molecule has 0 heterocycles. The molecule has 0 unspecified atom stereocenters. The SMILES string of the molecule is Cc1cc(C(C)(C)C)c(O)cc1CC1(O)CC1. The summed E-state index contributed by atoms with van der Waals surface area (Å²) in [5.41, 5.74) is 2.65. The fraction of sp³-hybridized carbons (Fsp3) is 0.600. The maximum atomic E-state index is 10.1. The molecule has 2 nitrogen and oxygen atoms in total. The summed E-state index contributed by atoms with van der Waals surface area (Å²) in [5.74, 6) is 0.349. The van der Waals surface area contributed by atoms with Crippen LogP contribution in [0.4, 0.5) is 0 Å². The first-order valence-electron chi connectivity index (χ1n) is 6.27. The molecule has 1 aliphatic rings. The first-order chi connectivity index (χ1) is 7.71. The quantitative estimate of drug-likeness (QED) is 0.825. The minimum Gasteiger partial charge on any atom is -0.508 e. The lowest BCUT2D eigenvalue weighted by molar-refractivity contribution is 0.150. The van der Waals surface area contributed by atoms with Gasteiger partial charge in [-0.25, -0.2) is 0 Å². The Kier molecular flexibility index (Phi) is 2.74. The van der Waals surface area contributed by atoms with Crippen LogP contribution in [-0.4, -0.2) is 15.8 Å². The summed E-state index contributed by atoms with van der Waals surface area (Å²) in [4.78, 5) is 0. The van der Waals surface area contributed by atoms with Gasteiger partial charge in [-0.2, -0.15) is 0 Å². The third-order valence-corrected chi connectivity index (χ3v) is 3.61. The highest BCUT2D eigenvalue weighted by Gasteiger charge is 2.40. The summed E-state index contributed by atoms with van der Waals surface area (Å²) >= 11 is 0. The van der Waals surface area contributed by atoms with E-state index < -0.39 is 5.60 Å². The molecule has 17 heavy (non-hydrogen) atoms. The van der Waals surface area contributed by atoms with Gasteiger partial charge in [-0.05, 0) is 47.9 Å². The van der Waals surface area contributed by atoms with Gasteiger partial charge in [0.05, 0.1) is 5.60 Å². The Bertz CT molecular complexity index is 437. The monoisotopic (exact) mass is 234 g/mol. The van der Waals surface area contributed by atoms with Gasteiger partial charge in [0.1, 0.15) is 5.75 Å². The molecule has 0 spiro atoms. The van der Waals surface area contributed by atoms with Crippen molar-refractivity contribution in [1.82, 2.24) is 0 Å². The van der Waals surface area contributed by atoms with Crippen LogP contribution in [0.3, 0.4) is 0 Å². The van der Waals surface area contributed by atoms with Crippen LogP contribution in [0.5, 0.6) is 5.75 Å². The van der Waals surface area contributed by atoms with Gasteiger partial charge in [0.2, 0.25) is 0 Å². The number of rotatable bonds is 2. The summed E-state index contributed by atoms with van der Waals surface area (Å²) in [7, 11) is 0. The van der Waals surface area contributed by atoms with E-state index in [0.29, 0.717) is 12.2 Å². The number of aryl methyl sites for hydroxylation is 1. The zero-order valence-corrected chi connectivity index (χ0v) is 11.2. The number of phenolic OH excluding ortho intramolecular Hbond substituents is 1. The van der Waals surface area contributed by atoms with Crippen LogP contribution in [-0.2, 0) is 11.8 Å². The van der Waals surface area contributed by atoms with Crippen LogP contribution in [0, 0.1) is 6.92 Å². The van der Waals surface area contributed by atoms with Crippen LogP contribution in [0.2, 0.25) is 0 Å². The third-order valence-electron chi connectivity index (χ3n) is 3.61. The summed E-state index contributed by atoms with van der Waals surface area (Å²) in [5, 5.41) is 20.0. The molecule has 2 N–H and O–H groups in total. The lowest BCUT2D eigenvalue weighted by Crippen LogP contribution is -2.15. The lowest BCUT2D eigenvalue weighted by atomic mass is 9.84. The number of hydrogen-bond acceptors (Lipinski definition) is 2. The molecular weight excluding hydrogens is 212 g/mol. The molecule has 0 aromatic heterocycles. The van der Waals surface area contributed by atoms with Gasteiger partial charge >= 0.3 is 0 Å². The van der Waals surface area contributed by atoms with Crippen molar-refractivity contribution in [3.05, 3.63) is 28.8 Å². The van der Waals surface area contributed by atoms with Gasteiger partial charge in [-0.1, -0.05) is 26.8 Å². The summed E-state index contributed by atoms with van der Waals surface area (Å²) in [6.45, 7) is 8.33. The highest BCUT2D eigenvalue weighted by molar-refractivity contribution is 5.45. The van der Waals surface area contributed by atoms with Crippen molar-refractivity contribution in [2.75, 3.05) is 0 Å². The van der Waals surface area contributed by atoms with Crippen molar-refractivity contribution in [2.24, 2.45) is 0 Å². The van der Waals surface area contributed by atoms with E-state index in [-0.39, 0.29) is 5.41 Å². The predicted molar refractivity (Wildman–Crippen MR) is 69.4 cm³/mol. The normalized spacial score (nSPS) is 18.2. The zero-order chi connectivity index (χ0) is 12.8. The van der Waals surface area contributed by atoms with E-state index in [1.165, 1.54) is 0 Å². The number of aromatic hydroxyl groups is 1. The van der Waals surface area contributed by atoms with Crippen molar-refractivity contribution in [2.45, 2.75) is 58.0 Å². The summed E-state index contributed by atoms with van der Waals surface area (Å²) in [6.07, 6.45) is 2.43. The first kappa shape index (κ1) is 12.4. The molecule has 1 fully saturated rings. The van der Waals surface area contributed by atoms with E-state index >= 15 is 0 Å². The van der Waals surface area contributed by atoms with Gasteiger partial charge in [0.25, 0.3) is 0 Å². The van der Waals surface area contributed by atoms with Gasteiger partial charge in [0.15, 0.2) is 0 Å². The third kappa shape index (κ3) is 2.63. The molecule has 0 bridgehead atoms. The Morgan fingerprint density at radius 1 is 1.24 bits per heavy atom. The Labute approximate surface area is 103 Å². The van der Waals surface area contributed by atoms with Crippen molar-refractivity contribution in [3.63, 3.8) is 0 Å². The second-order valence-electron chi connectivity index (χ2n) is 6.45. The molecule has 0 saturated heterocycles. The Hall–Kier alpha value is -1.02. The minimum absolute atomic E-state index is 0.0517. The predicted octanol–water partition coefficient (Wildman–Crippen LogP) is 3.07. The second kappa shape index (κ2) is 3.74. The van der Waals surface area contributed by atoms with Crippen LogP contribution < -0.4 is 0 Å². The van der Waals surface area contributed by atoms with Crippen molar-refractivity contribution in [1.29, 1.82) is 0 Å². The molecule has 1 aromatic carbocycles. The molecule has 0 aliphatic heterocycles. The van der Waals surface area contributed by atoms with Crippen LogP contribution >= 0.6 is 0 Å². The summed E-state index contributed by atoms with van der Waals surface area (Å²) in [6, 6.07) is 3.88. The molecule has 1 saturated carbocycles. The Morgan fingerprint density at radius 2 is 1.82 bits per heavy atom. The average molecular weight is 234 g/mol. The smallest absolute Gasteiger partial charge is 0.119 e. The highest BCUT2D eigenvalue weighted by atomic mass is 16.3. The number of aliphatic hydroxyl groups is 1. The van der Waals surface area contributed by atoms with E-state index in [1.54, 1.807) is 0 Å². The van der Waals surface area contributed by atoms with E-state index in [9.17, 15) is 10.2 Å². The molecule has 0 amide bonds. The zero-order valence-electron chi connectivity index (χ0n) is 11.2. The van der Waals surface area contributed by atoms with Crippen molar-refractivity contribution >= 4 is 0 Å². The lowest BCUT2D eigenvalue weighted by Gasteiger charge is -2.22. The molecule has 0 radical (unpaired) electrons. The minimum atomic E-state index is -0.500. The van der Waals surface area contributed by atoms with Crippen molar-refractivity contribution < 1.29 is 10.2 Å². The topological polar surface area (TPSA) is 40.5 Å². The summed E-state index contributed by atoms with van der Waals surface area (Å²) < 4.78 is 0. The first-order valence-corrected chi connectivity index (χ1v) is 6.27. The standard InChI is InChI=1S/C15H22O2/c1-10-7-12(14(2,3)4)13(16)8-11(10)9-15(17)5-6-15/h7-8,16-17H,5-6,9H2,1-4H3. The van der Waals surface area contributed by atoms with Crippen molar-refractivity contribution in [3.8, 4) is 5.75 Å². The van der Waals surface area contributed by atoms with Crippen LogP contribution in [0.15, 0.2) is 12.1 Å². The average Bonchev–Trinajstić information content (AvgIpc) is 2.87. The Balaban J connectivity index is 2.34. The van der Waals surface area contributed by atoms with Crippen LogP contribution in [0.1, 0.15) is 50.3 Å². The maximum Gasteiger partial charge on any atom is 0.119 e. The molecule has 0 atom stereocenters. The Morgan fingerprint density at radius 3 is 2.29 bits per heavy atom. The number of hydrogen-bond donors (Lipinski definition) is 2. The number of benzene rings is 1. The molecule has 2 heteroatoms. The van der Waals surface area contributed by atoms with E-state index in [1.807, 2.05) is 6.07 Å². The molecule has 1 aromatic rings. The molecule has 2 rings (SSSR count). The molecule has 94 valence electrons. The van der Waals surface area contributed by atoms with Gasteiger partial charge in [0, 0.05) is 6.42 Å².